The van der Waals surface area contributed by atoms with Gasteiger partial charge in [0.05, 0.1) is 40.8 Å². The maximum atomic E-state index is 13.7. The number of ketones is 1. The largest absolute Gasteiger partial charge is 0.456 e. The number of aliphatic hydroxyl groups excluding tert-OH is 2. The van der Waals surface area contributed by atoms with Crippen molar-refractivity contribution >= 4 is 29.4 Å². The summed E-state index contributed by atoms with van der Waals surface area (Å²) in [4.78, 5) is 30.9. The number of halogens is 1. The number of allylic oxidation sites excluding steroid dienone is 1. The number of ether oxygens (including phenoxy) is 2. The first kappa shape index (κ1) is 30.5. The Morgan fingerprint density at radius 3 is 2.63 bits per heavy atom. The summed E-state index contributed by atoms with van der Waals surface area (Å²) < 4.78 is 17.0. The van der Waals surface area contributed by atoms with Gasteiger partial charge in [0.25, 0.3) is 0 Å². The topological polar surface area (TPSA) is 122 Å². The third kappa shape index (κ3) is 7.34. The van der Waals surface area contributed by atoms with E-state index in [4.69, 9.17) is 25.5 Å². The van der Waals surface area contributed by atoms with Gasteiger partial charge in [-0.1, -0.05) is 44.9 Å². The Morgan fingerprint density at radius 1 is 1.29 bits per heavy atom. The second kappa shape index (κ2) is 12.5. The van der Waals surface area contributed by atoms with Gasteiger partial charge in [-0.25, -0.2) is 4.98 Å². The molecule has 2 N–H and O–H groups in total. The van der Waals surface area contributed by atoms with E-state index >= 15 is 0 Å². The summed E-state index contributed by atoms with van der Waals surface area (Å²) in [7, 11) is 0. The van der Waals surface area contributed by atoms with Crippen LogP contribution in [0.25, 0.3) is 6.08 Å². The Hall–Kier alpha value is -2.00. The minimum absolute atomic E-state index is 0.128. The van der Waals surface area contributed by atoms with Crippen LogP contribution in [-0.4, -0.2) is 57.0 Å². The lowest BCUT2D eigenvalue weighted by molar-refractivity contribution is -0.154. The second-order valence-corrected chi connectivity index (χ2v) is 12.0. The molecule has 0 spiro atoms. The lowest BCUT2D eigenvalue weighted by Crippen LogP contribution is -2.46. The van der Waals surface area contributed by atoms with E-state index in [0.29, 0.717) is 30.8 Å². The normalized spacial score (nSPS) is 35.3. The van der Waals surface area contributed by atoms with Crippen molar-refractivity contribution in [1.29, 1.82) is 0 Å². The van der Waals surface area contributed by atoms with Gasteiger partial charge in [-0.2, -0.15) is 0 Å². The molecule has 7 unspecified atom stereocenters. The zero-order valence-electron chi connectivity index (χ0n) is 23.1. The van der Waals surface area contributed by atoms with Crippen molar-refractivity contribution in [3.05, 3.63) is 35.5 Å². The van der Waals surface area contributed by atoms with Crippen LogP contribution in [0.3, 0.4) is 0 Å². The number of oxazole rings is 1. The Morgan fingerprint density at radius 2 is 2.00 bits per heavy atom. The fraction of sp³-hybridized carbons (Fsp3) is 0.690. The molecule has 7 atom stereocenters. The number of epoxide rings is 1. The van der Waals surface area contributed by atoms with Crippen molar-refractivity contribution in [2.75, 3.05) is 0 Å². The maximum absolute atomic E-state index is 13.7. The molecule has 1 aromatic heterocycles. The van der Waals surface area contributed by atoms with Gasteiger partial charge in [0.15, 0.2) is 5.89 Å². The van der Waals surface area contributed by atoms with Crippen LogP contribution >= 0.6 is 11.6 Å². The molecule has 38 heavy (non-hydrogen) atoms. The minimum atomic E-state index is -1.31. The van der Waals surface area contributed by atoms with Crippen molar-refractivity contribution in [3.8, 4) is 0 Å². The van der Waals surface area contributed by atoms with Crippen molar-refractivity contribution in [1.82, 2.24) is 4.98 Å². The molecule has 8 nitrogen and oxygen atoms in total. The molecular weight excluding hydrogens is 510 g/mol. The first-order valence-electron chi connectivity index (χ1n) is 13.5. The number of carbonyl (C=O) groups excluding carboxylic acids is 2. The van der Waals surface area contributed by atoms with Crippen LogP contribution in [0.4, 0.5) is 0 Å². The predicted octanol–water partition coefficient (Wildman–Crippen LogP) is 5.13. The predicted molar refractivity (Wildman–Crippen MR) is 144 cm³/mol. The monoisotopic (exact) mass is 551 g/mol. The Bertz CT molecular complexity index is 1030. The van der Waals surface area contributed by atoms with Crippen LogP contribution in [0.15, 0.2) is 28.4 Å². The van der Waals surface area contributed by atoms with Gasteiger partial charge in [0.1, 0.15) is 23.8 Å². The molecule has 0 aliphatic carbocycles. The summed E-state index contributed by atoms with van der Waals surface area (Å²) in [6, 6.07) is 0. The summed E-state index contributed by atoms with van der Waals surface area (Å²) in [5, 5.41) is 22.5. The SMILES string of the molecule is C=CCCC1C(=O)C(C)(C)C(O)CC(=O)OC(C(Cl)=Cc2coc(C)n2)CC2OC2(C)CCCC(C)C1O. The fourth-order valence-electron chi connectivity index (χ4n) is 5.26. The number of Topliss-reactive ketones (excluding diaryl/α,β-unsaturated/α-hetero) is 1. The van der Waals surface area contributed by atoms with Gasteiger partial charge >= 0.3 is 5.97 Å². The van der Waals surface area contributed by atoms with Gasteiger partial charge in [-0.15, -0.1) is 6.58 Å². The van der Waals surface area contributed by atoms with E-state index in [0.717, 1.165) is 19.3 Å². The van der Waals surface area contributed by atoms with E-state index in [1.165, 1.54) is 6.26 Å². The van der Waals surface area contributed by atoms with Crippen LogP contribution in [0.5, 0.6) is 0 Å². The highest BCUT2D eigenvalue weighted by atomic mass is 35.5. The zero-order chi connectivity index (χ0) is 28.3. The first-order chi connectivity index (χ1) is 17.8. The molecule has 3 heterocycles. The molecule has 0 amide bonds. The summed E-state index contributed by atoms with van der Waals surface area (Å²) >= 11 is 6.61. The molecule has 2 aliphatic rings. The number of aryl methyl sites for hydroxylation is 1. The van der Waals surface area contributed by atoms with E-state index in [9.17, 15) is 19.8 Å². The van der Waals surface area contributed by atoms with Crippen molar-refractivity contribution in [2.45, 2.75) is 110 Å². The van der Waals surface area contributed by atoms with Crippen molar-refractivity contribution in [2.24, 2.45) is 17.3 Å². The number of esters is 1. The van der Waals surface area contributed by atoms with Gasteiger partial charge in [0.2, 0.25) is 0 Å². The molecule has 0 saturated carbocycles. The molecule has 0 radical (unpaired) electrons. The van der Waals surface area contributed by atoms with Crippen LogP contribution in [0, 0.1) is 24.2 Å². The third-order valence-electron chi connectivity index (χ3n) is 8.14. The van der Waals surface area contributed by atoms with Gasteiger partial charge in [-0.05, 0) is 44.6 Å². The van der Waals surface area contributed by atoms with E-state index < -0.39 is 47.6 Å². The lowest BCUT2D eigenvalue weighted by atomic mass is 9.71. The smallest absolute Gasteiger partial charge is 0.309 e. The molecule has 2 fully saturated rings. The molecule has 3 rings (SSSR count). The Kier molecular flexibility index (Phi) is 10.0. The molecule has 0 aromatic carbocycles. The summed E-state index contributed by atoms with van der Waals surface area (Å²) in [6.45, 7) is 12.6. The first-order valence-corrected chi connectivity index (χ1v) is 13.8. The Balaban J connectivity index is 1.88. The summed E-state index contributed by atoms with van der Waals surface area (Å²) in [5.74, 6) is -1.30. The van der Waals surface area contributed by atoms with E-state index in [2.05, 4.69) is 11.6 Å². The van der Waals surface area contributed by atoms with E-state index in [-0.39, 0.29) is 22.8 Å². The number of aliphatic hydroxyl groups is 2. The zero-order valence-corrected chi connectivity index (χ0v) is 23.9. The average molecular weight is 552 g/mol. The Labute approximate surface area is 230 Å². The maximum Gasteiger partial charge on any atom is 0.309 e. The van der Waals surface area contributed by atoms with Crippen LogP contribution < -0.4 is 0 Å². The van der Waals surface area contributed by atoms with Crippen LogP contribution in [0.2, 0.25) is 0 Å². The number of hydrogen-bond acceptors (Lipinski definition) is 8. The highest BCUT2D eigenvalue weighted by Crippen LogP contribution is 2.45. The number of hydrogen-bond donors (Lipinski definition) is 2. The number of carbonyl (C=O) groups is 2. The highest BCUT2D eigenvalue weighted by Gasteiger charge is 2.53. The third-order valence-corrected chi connectivity index (χ3v) is 8.49. The van der Waals surface area contributed by atoms with E-state index in [1.807, 2.05) is 13.8 Å². The molecule has 0 bridgehead atoms. The fourth-order valence-corrected chi connectivity index (χ4v) is 5.50. The van der Waals surface area contributed by atoms with Crippen molar-refractivity contribution in [3.63, 3.8) is 0 Å². The lowest BCUT2D eigenvalue weighted by Gasteiger charge is -2.36. The highest BCUT2D eigenvalue weighted by molar-refractivity contribution is 6.32. The molecular formula is C29H42ClNO7. The molecule has 212 valence electrons. The molecule has 2 aliphatic heterocycles. The molecule has 1 aromatic rings. The number of aromatic nitrogens is 1. The number of fused-ring (bicyclic) bond motifs is 1. The molecule has 9 heteroatoms. The van der Waals surface area contributed by atoms with Crippen LogP contribution in [-0.2, 0) is 19.1 Å². The number of cyclic esters (lactones) is 1. The van der Waals surface area contributed by atoms with Crippen molar-refractivity contribution < 1.29 is 33.7 Å². The van der Waals surface area contributed by atoms with Crippen LogP contribution in [0.1, 0.15) is 84.2 Å². The number of nitrogens with zero attached hydrogens (tertiary/aromatic N) is 1. The summed E-state index contributed by atoms with van der Waals surface area (Å²) in [6.07, 6.45) is 4.80. The van der Waals surface area contributed by atoms with Gasteiger partial charge < -0.3 is 24.1 Å². The van der Waals surface area contributed by atoms with Gasteiger partial charge in [0, 0.05) is 19.3 Å². The quantitative estimate of drug-likeness (QED) is 0.293. The van der Waals surface area contributed by atoms with E-state index in [1.54, 1.807) is 32.9 Å². The number of rotatable bonds is 5. The standard InChI is InChI=1S/C29H42ClNO7/c1-7-8-11-20-26(34)17(2)10-9-12-29(6)24(38-29)14-22(21(30)13-19-16-36-18(3)31-19)37-25(33)15-23(32)28(4,5)27(20)35/h7,13,16-17,20,22-24,26,32,34H,1,8-12,14-15H2,2-6H3. The average Bonchev–Trinajstić information content (AvgIpc) is 3.29. The molecule has 2 saturated heterocycles. The van der Waals surface area contributed by atoms with Gasteiger partial charge in [-0.3, -0.25) is 9.59 Å². The summed E-state index contributed by atoms with van der Waals surface area (Å²) in [5.41, 5.74) is -1.18. The minimum Gasteiger partial charge on any atom is -0.456 e. The second-order valence-electron chi connectivity index (χ2n) is 11.6.